The van der Waals surface area contributed by atoms with E-state index in [0.29, 0.717) is 22.7 Å². The van der Waals surface area contributed by atoms with Crippen molar-refractivity contribution in [3.8, 4) is 11.5 Å². The molecule has 0 aromatic heterocycles. The van der Waals surface area contributed by atoms with E-state index >= 15 is 0 Å². The number of rotatable bonds is 8. The Balaban J connectivity index is 1.40. The molecule has 3 aromatic carbocycles. The van der Waals surface area contributed by atoms with E-state index in [2.05, 4.69) is 10.6 Å². The van der Waals surface area contributed by atoms with Crippen molar-refractivity contribution < 1.29 is 23.9 Å². The van der Waals surface area contributed by atoms with Crippen molar-refractivity contribution in [2.45, 2.75) is 6.92 Å². The molecule has 7 nitrogen and oxygen atoms in total. The molecule has 0 aliphatic heterocycles. The molecule has 0 unspecified atom stereocenters. The summed E-state index contributed by atoms with van der Waals surface area (Å²) in [5, 5.41) is 5.10. The molecule has 0 saturated carbocycles. The molecule has 0 radical (unpaired) electrons. The van der Waals surface area contributed by atoms with Crippen LogP contribution < -0.4 is 15.4 Å². The number of nitrogens with one attached hydrogen (secondary N) is 2. The molecule has 31 heavy (non-hydrogen) atoms. The van der Waals surface area contributed by atoms with E-state index < -0.39 is 24.4 Å². The average molecular weight is 418 g/mol. The van der Waals surface area contributed by atoms with Crippen LogP contribution >= 0.6 is 0 Å². The van der Waals surface area contributed by atoms with Crippen molar-refractivity contribution in [2.75, 3.05) is 18.5 Å². The summed E-state index contributed by atoms with van der Waals surface area (Å²) >= 11 is 0. The minimum atomic E-state index is -0.711. The molecule has 2 amide bonds. The molecule has 0 atom stereocenters. The number of esters is 1. The van der Waals surface area contributed by atoms with Gasteiger partial charge in [-0.05, 0) is 61.0 Å². The fourth-order valence-electron chi connectivity index (χ4n) is 2.67. The zero-order valence-corrected chi connectivity index (χ0v) is 17.0. The molecule has 158 valence electrons. The summed E-state index contributed by atoms with van der Waals surface area (Å²) in [4.78, 5) is 35.9. The molecule has 2 N–H and O–H groups in total. The standard InChI is InChI=1S/C24H22N2O5/c1-17-6-5-7-19(14-17)26-22(27)16-30-23(28)15-25-24(29)18-10-12-21(13-11-18)31-20-8-3-2-4-9-20/h2-14H,15-16H2,1H3,(H,25,29)(H,26,27). The van der Waals surface area contributed by atoms with E-state index in [9.17, 15) is 14.4 Å². The molecule has 0 aliphatic carbocycles. The van der Waals surface area contributed by atoms with Gasteiger partial charge in [-0.25, -0.2) is 0 Å². The lowest BCUT2D eigenvalue weighted by Crippen LogP contribution is -2.32. The Morgan fingerprint density at radius 1 is 0.839 bits per heavy atom. The Morgan fingerprint density at radius 2 is 1.55 bits per heavy atom. The van der Waals surface area contributed by atoms with Gasteiger partial charge < -0.3 is 20.1 Å². The minimum absolute atomic E-state index is 0.348. The molecular weight excluding hydrogens is 396 g/mol. The van der Waals surface area contributed by atoms with Crippen LogP contribution in [0.25, 0.3) is 0 Å². The number of carbonyl (C=O) groups excluding carboxylic acids is 3. The van der Waals surface area contributed by atoms with E-state index in [1.807, 2.05) is 49.4 Å². The van der Waals surface area contributed by atoms with Gasteiger partial charge in [0.1, 0.15) is 18.0 Å². The number of benzene rings is 3. The third-order valence-electron chi connectivity index (χ3n) is 4.15. The maximum Gasteiger partial charge on any atom is 0.325 e. The molecule has 3 aromatic rings. The maximum atomic E-state index is 12.2. The van der Waals surface area contributed by atoms with Gasteiger partial charge >= 0.3 is 5.97 Å². The summed E-state index contributed by atoms with van der Waals surface area (Å²) in [6, 6.07) is 23.0. The minimum Gasteiger partial charge on any atom is -0.457 e. The second-order valence-electron chi connectivity index (χ2n) is 6.70. The van der Waals surface area contributed by atoms with E-state index in [4.69, 9.17) is 9.47 Å². The van der Waals surface area contributed by atoms with Crippen LogP contribution in [-0.2, 0) is 14.3 Å². The predicted octanol–water partition coefficient (Wildman–Crippen LogP) is 3.70. The zero-order chi connectivity index (χ0) is 22.1. The number of amides is 2. The molecule has 0 spiro atoms. The Hall–Kier alpha value is -4.13. The first kappa shape index (κ1) is 21.6. The lowest BCUT2D eigenvalue weighted by molar-refractivity contribution is -0.146. The maximum absolute atomic E-state index is 12.2. The number of aryl methyl sites for hydroxylation is 1. The van der Waals surface area contributed by atoms with Crippen molar-refractivity contribution in [2.24, 2.45) is 0 Å². The molecule has 0 heterocycles. The van der Waals surface area contributed by atoms with Crippen molar-refractivity contribution >= 4 is 23.5 Å². The number of ether oxygens (including phenoxy) is 2. The fraction of sp³-hybridized carbons (Fsp3) is 0.125. The summed E-state index contributed by atoms with van der Waals surface area (Å²) in [5.74, 6) is -0.334. The van der Waals surface area contributed by atoms with Crippen LogP contribution in [0.1, 0.15) is 15.9 Å². The fourth-order valence-corrected chi connectivity index (χ4v) is 2.67. The van der Waals surface area contributed by atoms with Crippen LogP contribution in [0.5, 0.6) is 11.5 Å². The van der Waals surface area contributed by atoms with Crippen molar-refractivity contribution in [3.63, 3.8) is 0 Å². The Kier molecular flexibility index (Phi) is 7.37. The van der Waals surface area contributed by atoms with Gasteiger partial charge in [-0.15, -0.1) is 0 Å². The van der Waals surface area contributed by atoms with Gasteiger partial charge in [0.2, 0.25) is 0 Å². The normalized spacial score (nSPS) is 10.1. The predicted molar refractivity (Wildman–Crippen MR) is 116 cm³/mol. The number of anilines is 1. The second-order valence-corrected chi connectivity index (χ2v) is 6.70. The van der Waals surface area contributed by atoms with Gasteiger partial charge in [0.25, 0.3) is 11.8 Å². The molecule has 0 bridgehead atoms. The zero-order valence-electron chi connectivity index (χ0n) is 17.0. The van der Waals surface area contributed by atoms with Crippen LogP contribution in [0, 0.1) is 6.92 Å². The van der Waals surface area contributed by atoms with Crippen LogP contribution in [0.15, 0.2) is 78.9 Å². The Bertz CT molecular complexity index is 1050. The largest absolute Gasteiger partial charge is 0.457 e. The first-order chi connectivity index (χ1) is 15.0. The summed E-state index contributed by atoms with van der Waals surface area (Å²) in [7, 11) is 0. The molecule has 0 aliphatic rings. The molecular formula is C24H22N2O5. The topological polar surface area (TPSA) is 93.7 Å². The Morgan fingerprint density at radius 3 is 2.26 bits per heavy atom. The van der Waals surface area contributed by atoms with Gasteiger partial charge in [0.05, 0.1) is 0 Å². The third-order valence-corrected chi connectivity index (χ3v) is 4.15. The molecule has 7 heteroatoms. The first-order valence-electron chi connectivity index (χ1n) is 9.63. The van der Waals surface area contributed by atoms with Crippen molar-refractivity contribution in [3.05, 3.63) is 90.0 Å². The van der Waals surface area contributed by atoms with E-state index in [1.54, 1.807) is 36.4 Å². The number of hydrogen-bond donors (Lipinski definition) is 2. The van der Waals surface area contributed by atoms with Gasteiger partial charge in [0.15, 0.2) is 6.61 Å². The average Bonchev–Trinajstić information content (AvgIpc) is 2.77. The number of hydrogen-bond acceptors (Lipinski definition) is 5. The second kappa shape index (κ2) is 10.6. The van der Waals surface area contributed by atoms with Crippen LogP contribution in [-0.4, -0.2) is 30.9 Å². The highest BCUT2D eigenvalue weighted by Gasteiger charge is 2.11. The summed E-state index contributed by atoms with van der Waals surface area (Å²) in [6.07, 6.45) is 0. The van der Waals surface area contributed by atoms with Crippen molar-refractivity contribution in [1.29, 1.82) is 0 Å². The molecule has 3 rings (SSSR count). The highest BCUT2D eigenvalue weighted by Crippen LogP contribution is 2.21. The number of carbonyl (C=O) groups is 3. The van der Waals surface area contributed by atoms with Crippen LogP contribution in [0.3, 0.4) is 0 Å². The first-order valence-corrected chi connectivity index (χ1v) is 9.63. The highest BCUT2D eigenvalue weighted by atomic mass is 16.5. The van der Waals surface area contributed by atoms with Gasteiger partial charge in [-0.2, -0.15) is 0 Å². The Labute approximate surface area is 180 Å². The molecule has 0 saturated heterocycles. The molecule has 0 fully saturated rings. The summed E-state index contributed by atoms with van der Waals surface area (Å²) in [6.45, 7) is 1.12. The van der Waals surface area contributed by atoms with E-state index in [-0.39, 0.29) is 6.54 Å². The van der Waals surface area contributed by atoms with E-state index in [0.717, 1.165) is 5.56 Å². The summed E-state index contributed by atoms with van der Waals surface area (Å²) < 4.78 is 10.6. The van der Waals surface area contributed by atoms with Crippen LogP contribution in [0.4, 0.5) is 5.69 Å². The highest BCUT2D eigenvalue weighted by molar-refractivity contribution is 5.96. The lowest BCUT2D eigenvalue weighted by Gasteiger charge is -2.09. The van der Waals surface area contributed by atoms with Crippen molar-refractivity contribution in [1.82, 2.24) is 5.32 Å². The van der Waals surface area contributed by atoms with Gasteiger partial charge in [-0.1, -0.05) is 30.3 Å². The quantitative estimate of drug-likeness (QED) is 0.544. The third kappa shape index (κ3) is 7.01. The summed E-state index contributed by atoms with van der Waals surface area (Å²) in [5.41, 5.74) is 1.98. The van der Waals surface area contributed by atoms with Gasteiger partial charge in [-0.3, -0.25) is 14.4 Å². The smallest absolute Gasteiger partial charge is 0.325 e. The monoisotopic (exact) mass is 418 g/mol. The van der Waals surface area contributed by atoms with E-state index in [1.165, 1.54) is 0 Å². The van der Waals surface area contributed by atoms with Gasteiger partial charge in [0, 0.05) is 11.3 Å². The number of para-hydroxylation sites is 1. The van der Waals surface area contributed by atoms with Crippen LogP contribution in [0.2, 0.25) is 0 Å². The lowest BCUT2D eigenvalue weighted by atomic mass is 10.2. The SMILES string of the molecule is Cc1cccc(NC(=O)COC(=O)CNC(=O)c2ccc(Oc3ccccc3)cc2)c1.